The van der Waals surface area contributed by atoms with Crippen molar-refractivity contribution in [2.75, 3.05) is 32.1 Å². The highest BCUT2D eigenvalue weighted by molar-refractivity contribution is 5.93. The molecule has 29 heavy (non-hydrogen) atoms. The van der Waals surface area contributed by atoms with E-state index in [2.05, 4.69) is 26.5 Å². The molecule has 1 heterocycles. The van der Waals surface area contributed by atoms with Crippen LogP contribution < -0.4 is 20.1 Å². The molecule has 150 valence electrons. The molecule has 1 atom stereocenters. The zero-order valence-electron chi connectivity index (χ0n) is 16.5. The predicted octanol–water partition coefficient (Wildman–Crippen LogP) is 2.71. The molecular formula is C22H24N4O3. The van der Waals surface area contributed by atoms with E-state index >= 15 is 0 Å². The van der Waals surface area contributed by atoms with E-state index in [1.54, 1.807) is 14.0 Å². The van der Waals surface area contributed by atoms with E-state index in [1.165, 1.54) is 6.33 Å². The summed E-state index contributed by atoms with van der Waals surface area (Å²) in [4.78, 5) is 8.71. The Balaban J connectivity index is 1.84. The molecule has 1 unspecified atom stereocenters. The van der Waals surface area contributed by atoms with Crippen molar-refractivity contribution < 1.29 is 14.6 Å². The molecule has 0 aliphatic carbocycles. The predicted molar refractivity (Wildman–Crippen MR) is 114 cm³/mol. The molecule has 0 aliphatic rings. The normalized spacial score (nSPS) is 11.7. The molecule has 0 fully saturated rings. The summed E-state index contributed by atoms with van der Waals surface area (Å²) in [6.45, 7) is 3.27. The van der Waals surface area contributed by atoms with Gasteiger partial charge in [0.25, 0.3) is 0 Å². The fourth-order valence-electron chi connectivity index (χ4n) is 2.80. The van der Waals surface area contributed by atoms with Gasteiger partial charge in [0.15, 0.2) is 11.5 Å². The monoisotopic (exact) mass is 392 g/mol. The number of methoxy groups -OCH3 is 1. The van der Waals surface area contributed by atoms with Crippen LogP contribution in [0.4, 0.5) is 11.5 Å². The van der Waals surface area contributed by atoms with Crippen LogP contribution in [0.15, 0.2) is 42.7 Å². The summed E-state index contributed by atoms with van der Waals surface area (Å²) in [5, 5.41) is 16.5. The number of anilines is 2. The smallest absolute Gasteiger partial charge is 0.162 e. The molecule has 0 saturated carbocycles. The van der Waals surface area contributed by atoms with Crippen LogP contribution in [-0.2, 0) is 0 Å². The lowest BCUT2D eigenvalue weighted by Gasteiger charge is -2.14. The highest BCUT2D eigenvalue weighted by atomic mass is 16.5. The second-order valence-electron chi connectivity index (χ2n) is 6.49. The highest BCUT2D eigenvalue weighted by Crippen LogP contribution is 2.34. The maximum atomic E-state index is 9.30. The van der Waals surface area contributed by atoms with E-state index < -0.39 is 6.10 Å². The largest absolute Gasteiger partial charge is 0.493 e. The molecule has 3 rings (SSSR count). The Hall–Kier alpha value is -3.34. The third kappa shape index (κ3) is 5.35. The van der Waals surface area contributed by atoms with Crippen LogP contribution in [0.3, 0.4) is 0 Å². The number of ether oxygens (including phenoxy) is 2. The Morgan fingerprint density at radius 3 is 2.83 bits per heavy atom. The van der Waals surface area contributed by atoms with Gasteiger partial charge in [-0.25, -0.2) is 9.97 Å². The molecule has 0 aliphatic heterocycles. The van der Waals surface area contributed by atoms with Crippen molar-refractivity contribution in [3.05, 3.63) is 48.3 Å². The number of aromatic nitrogens is 2. The summed E-state index contributed by atoms with van der Waals surface area (Å²) >= 11 is 0. The number of fused-ring (bicyclic) bond motifs is 1. The Labute approximate surface area is 170 Å². The average molecular weight is 392 g/mol. The van der Waals surface area contributed by atoms with Crippen LogP contribution in [0.25, 0.3) is 10.9 Å². The van der Waals surface area contributed by atoms with Gasteiger partial charge in [-0.15, -0.1) is 6.42 Å². The summed E-state index contributed by atoms with van der Waals surface area (Å²) in [6, 6.07) is 11.2. The minimum Gasteiger partial charge on any atom is -0.493 e. The van der Waals surface area contributed by atoms with E-state index in [0.29, 0.717) is 37.0 Å². The van der Waals surface area contributed by atoms with Gasteiger partial charge >= 0.3 is 0 Å². The first-order valence-corrected chi connectivity index (χ1v) is 9.28. The molecule has 0 radical (unpaired) electrons. The lowest BCUT2D eigenvalue weighted by molar-refractivity contribution is 0.187. The second-order valence-corrected chi connectivity index (χ2v) is 6.49. The molecule has 0 spiro atoms. The number of benzene rings is 2. The van der Waals surface area contributed by atoms with Crippen molar-refractivity contribution in [3.8, 4) is 23.8 Å². The summed E-state index contributed by atoms with van der Waals surface area (Å²) < 4.78 is 11.3. The van der Waals surface area contributed by atoms with Gasteiger partial charge in [-0.05, 0) is 31.2 Å². The number of nitrogens with zero attached hydrogens (tertiary/aromatic N) is 2. The molecule has 3 N–H and O–H groups in total. The maximum Gasteiger partial charge on any atom is 0.162 e. The number of terminal acetylenes is 1. The summed E-state index contributed by atoms with van der Waals surface area (Å²) in [7, 11) is 1.59. The standard InChI is InChI=1S/C22H24N4O3/c1-4-16-6-5-7-17(10-16)26-22-18-11-21(29-9-8-23-13-15(2)27)20(28-3)12-19(18)24-14-25-22/h1,5-7,10-12,14-15,23,27H,8-9,13H2,2-3H3,(H,24,25,26). The van der Waals surface area contributed by atoms with Gasteiger partial charge in [0.2, 0.25) is 0 Å². The number of aliphatic hydroxyl groups excluding tert-OH is 1. The van der Waals surface area contributed by atoms with E-state index in [9.17, 15) is 5.11 Å². The number of hydrogen-bond acceptors (Lipinski definition) is 7. The first kappa shape index (κ1) is 20.4. The molecular weight excluding hydrogens is 368 g/mol. The highest BCUT2D eigenvalue weighted by Gasteiger charge is 2.12. The van der Waals surface area contributed by atoms with Crippen molar-refractivity contribution in [2.45, 2.75) is 13.0 Å². The molecule has 7 heteroatoms. The van der Waals surface area contributed by atoms with Crippen molar-refractivity contribution >= 4 is 22.4 Å². The molecule has 1 aromatic heterocycles. The van der Waals surface area contributed by atoms with Crippen molar-refractivity contribution in [3.63, 3.8) is 0 Å². The van der Waals surface area contributed by atoms with Gasteiger partial charge in [0.1, 0.15) is 18.8 Å². The third-order valence-corrected chi connectivity index (χ3v) is 4.19. The lowest BCUT2D eigenvalue weighted by atomic mass is 10.2. The Bertz CT molecular complexity index is 1010. The van der Waals surface area contributed by atoms with Crippen molar-refractivity contribution in [1.29, 1.82) is 0 Å². The van der Waals surface area contributed by atoms with Gasteiger partial charge in [0, 0.05) is 35.8 Å². The quantitative estimate of drug-likeness (QED) is 0.381. The molecule has 0 saturated heterocycles. The number of aliphatic hydroxyl groups is 1. The van der Waals surface area contributed by atoms with E-state index in [1.807, 2.05) is 36.4 Å². The van der Waals surface area contributed by atoms with Crippen LogP contribution in [0, 0.1) is 12.3 Å². The van der Waals surface area contributed by atoms with Gasteiger partial charge in [-0.1, -0.05) is 12.0 Å². The van der Waals surface area contributed by atoms with Crippen LogP contribution >= 0.6 is 0 Å². The van der Waals surface area contributed by atoms with E-state index in [-0.39, 0.29) is 0 Å². The molecule has 7 nitrogen and oxygen atoms in total. The first-order chi connectivity index (χ1) is 14.1. The van der Waals surface area contributed by atoms with Crippen LogP contribution in [0.5, 0.6) is 11.5 Å². The zero-order valence-corrected chi connectivity index (χ0v) is 16.5. The fraction of sp³-hybridized carbons (Fsp3) is 0.273. The minimum atomic E-state index is -0.399. The lowest BCUT2D eigenvalue weighted by Crippen LogP contribution is -2.28. The van der Waals surface area contributed by atoms with Crippen LogP contribution in [0.2, 0.25) is 0 Å². The second kappa shape index (κ2) is 9.73. The summed E-state index contributed by atoms with van der Waals surface area (Å²) in [5.74, 6) is 4.45. The van der Waals surface area contributed by atoms with Crippen molar-refractivity contribution in [1.82, 2.24) is 15.3 Å². The molecule has 3 aromatic rings. The van der Waals surface area contributed by atoms with Crippen LogP contribution in [-0.4, -0.2) is 48.0 Å². The average Bonchev–Trinajstić information content (AvgIpc) is 2.73. The first-order valence-electron chi connectivity index (χ1n) is 9.28. The third-order valence-electron chi connectivity index (χ3n) is 4.19. The minimum absolute atomic E-state index is 0.399. The van der Waals surface area contributed by atoms with E-state index in [4.69, 9.17) is 15.9 Å². The van der Waals surface area contributed by atoms with Gasteiger partial charge in [-0.3, -0.25) is 0 Å². The molecule has 0 amide bonds. The van der Waals surface area contributed by atoms with Crippen molar-refractivity contribution in [2.24, 2.45) is 0 Å². The summed E-state index contributed by atoms with van der Waals surface area (Å²) in [6.07, 6.45) is 6.58. The van der Waals surface area contributed by atoms with Crippen LogP contribution in [0.1, 0.15) is 12.5 Å². The molecule has 2 aromatic carbocycles. The maximum absolute atomic E-state index is 9.30. The number of hydrogen-bond donors (Lipinski definition) is 3. The van der Waals surface area contributed by atoms with Gasteiger partial charge in [0.05, 0.1) is 18.7 Å². The van der Waals surface area contributed by atoms with E-state index in [0.717, 1.165) is 22.2 Å². The summed E-state index contributed by atoms with van der Waals surface area (Å²) in [5.41, 5.74) is 2.34. The Kier molecular flexibility index (Phi) is 6.85. The Morgan fingerprint density at radius 2 is 2.07 bits per heavy atom. The zero-order chi connectivity index (χ0) is 20.6. The van der Waals surface area contributed by atoms with Gasteiger partial charge in [-0.2, -0.15) is 0 Å². The topological polar surface area (TPSA) is 88.5 Å². The fourth-order valence-corrected chi connectivity index (χ4v) is 2.80. The molecule has 0 bridgehead atoms. The van der Waals surface area contributed by atoms with Gasteiger partial charge < -0.3 is 25.2 Å². The SMILES string of the molecule is C#Cc1cccc(Nc2ncnc3cc(OC)c(OCCNCC(C)O)cc23)c1. The Morgan fingerprint density at radius 1 is 1.21 bits per heavy atom. The number of nitrogens with one attached hydrogen (secondary N) is 2. The number of rotatable bonds is 9.